The van der Waals surface area contributed by atoms with Crippen LogP contribution in [0.25, 0.3) is 0 Å². The fourth-order valence-corrected chi connectivity index (χ4v) is 5.02. The van der Waals surface area contributed by atoms with Crippen LogP contribution in [0.5, 0.6) is 0 Å². The van der Waals surface area contributed by atoms with E-state index in [9.17, 15) is 0 Å². The lowest BCUT2D eigenvalue weighted by Crippen LogP contribution is -2.26. The molecule has 1 aromatic rings. The standard InChI is InChI=1S/C15H26N2Si/c1-12-9-14(5-6-15(12)16)17-8-7-13(10-17)11-18(2,3)4/h5-6,9,13H,7-8,10-11,16H2,1-4H3. The van der Waals surface area contributed by atoms with Crippen LogP contribution in [0.4, 0.5) is 11.4 Å². The molecule has 0 amide bonds. The zero-order chi connectivity index (χ0) is 13.3. The molecule has 2 N–H and O–H groups in total. The van der Waals surface area contributed by atoms with Gasteiger partial charge >= 0.3 is 0 Å². The molecule has 0 aliphatic carbocycles. The van der Waals surface area contributed by atoms with Crippen LogP contribution < -0.4 is 10.6 Å². The molecule has 1 aliphatic rings. The maximum atomic E-state index is 5.88. The highest BCUT2D eigenvalue weighted by molar-refractivity contribution is 6.76. The van der Waals surface area contributed by atoms with Crippen LogP contribution in [0.15, 0.2) is 18.2 Å². The Morgan fingerprint density at radius 3 is 2.67 bits per heavy atom. The summed E-state index contributed by atoms with van der Waals surface area (Å²) in [6.45, 7) is 12.0. The third-order valence-corrected chi connectivity index (χ3v) is 5.61. The number of benzene rings is 1. The SMILES string of the molecule is Cc1cc(N2CCC(C[Si](C)(C)C)C2)ccc1N. The molecule has 1 saturated heterocycles. The van der Waals surface area contributed by atoms with Crippen molar-refractivity contribution in [2.45, 2.75) is 39.0 Å². The molecular weight excluding hydrogens is 236 g/mol. The number of nitrogens with zero attached hydrogens (tertiary/aromatic N) is 1. The summed E-state index contributed by atoms with van der Waals surface area (Å²) < 4.78 is 0. The van der Waals surface area contributed by atoms with Gasteiger partial charge in [0.1, 0.15) is 0 Å². The molecule has 1 unspecified atom stereocenters. The van der Waals surface area contributed by atoms with E-state index in [1.807, 2.05) is 6.07 Å². The van der Waals surface area contributed by atoms with E-state index < -0.39 is 8.07 Å². The zero-order valence-electron chi connectivity index (χ0n) is 12.2. The van der Waals surface area contributed by atoms with Crippen LogP contribution in [0.2, 0.25) is 25.7 Å². The monoisotopic (exact) mass is 262 g/mol. The van der Waals surface area contributed by atoms with E-state index in [2.05, 4.69) is 43.6 Å². The van der Waals surface area contributed by atoms with Crippen molar-refractivity contribution in [3.05, 3.63) is 23.8 Å². The van der Waals surface area contributed by atoms with Crippen molar-refractivity contribution >= 4 is 19.4 Å². The molecule has 0 spiro atoms. The van der Waals surface area contributed by atoms with Gasteiger partial charge in [0.15, 0.2) is 0 Å². The van der Waals surface area contributed by atoms with Crippen molar-refractivity contribution < 1.29 is 0 Å². The van der Waals surface area contributed by atoms with E-state index >= 15 is 0 Å². The summed E-state index contributed by atoms with van der Waals surface area (Å²) in [5.74, 6) is 0.898. The van der Waals surface area contributed by atoms with Crippen molar-refractivity contribution in [3.8, 4) is 0 Å². The lowest BCUT2D eigenvalue weighted by atomic mass is 10.1. The summed E-state index contributed by atoms with van der Waals surface area (Å²) in [5, 5.41) is 0. The Labute approximate surface area is 112 Å². The quantitative estimate of drug-likeness (QED) is 0.664. The molecule has 0 saturated carbocycles. The summed E-state index contributed by atoms with van der Waals surface area (Å²) in [5.41, 5.74) is 9.33. The van der Waals surface area contributed by atoms with Crippen molar-refractivity contribution in [3.63, 3.8) is 0 Å². The van der Waals surface area contributed by atoms with Gasteiger partial charge < -0.3 is 10.6 Å². The third kappa shape index (κ3) is 3.28. The molecular formula is C15H26N2Si. The van der Waals surface area contributed by atoms with E-state index in [0.717, 1.165) is 11.6 Å². The highest BCUT2D eigenvalue weighted by Gasteiger charge is 2.27. The van der Waals surface area contributed by atoms with Crippen LogP contribution in [-0.2, 0) is 0 Å². The predicted octanol–water partition coefficient (Wildman–Crippen LogP) is 3.74. The smallest absolute Gasteiger partial charge is 0.0446 e. The Hall–Kier alpha value is -0.963. The van der Waals surface area contributed by atoms with Gasteiger partial charge in [-0.15, -0.1) is 0 Å². The van der Waals surface area contributed by atoms with Gasteiger partial charge in [0.2, 0.25) is 0 Å². The Kier molecular flexibility index (Phi) is 3.71. The number of nitrogen functional groups attached to an aromatic ring is 1. The Morgan fingerprint density at radius 1 is 1.33 bits per heavy atom. The molecule has 1 heterocycles. The molecule has 18 heavy (non-hydrogen) atoms. The van der Waals surface area contributed by atoms with Gasteiger partial charge in [-0.3, -0.25) is 0 Å². The Morgan fingerprint density at radius 2 is 2.06 bits per heavy atom. The second kappa shape index (κ2) is 4.96. The normalized spacial score (nSPS) is 20.4. The number of anilines is 2. The molecule has 0 bridgehead atoms. The first-order valence-electron chi connectivity index (χ1n) is 6.96. The van der Waals surface area contributed by atoms with Crippen LogP contribution in [-0.4, -0.2) is 21.2 Å². The first-order valence-corrected chi connectivity index (χ1v) is 10.7. The fourth-order valence-electron chi connectivity index (χ4n) is 2.96. The number of hydrogen-bond acceptors (Lipinski definition) is 2. The predicted molar refractivity (Wildman–Crippen MR) is 84.1 cm³/mol. The number of nitrogens with two attached hydrogens (primary N) is 1. The van der Waals surface area contributed by atoms with E-state index in [4.69, 9.17) is 5.73 Å². The van der Waals surface area contributed by atoms with Gasteiger partial charge in [-0.1, -0.05) is 25.7 Å². The first-order chi connectivity index (χ1) is 8.35. The summed E-state index contributed by atoms with van der Waals surface area (Å²) in [6, 6.07) is 7.89. The van der Waals surface area contributed by atoms with E-state index in [-0.39, 0.29) is 0 Å². The minimum absolute atomic E-state index is 0.898. The van der Waals surface area contributed by atoms with Crippen LogP contribution in [0.1, 0.15) is 12.0 Å². The molecule has 1 fully saturated rings. The van der Waals surface area contributed by atoms with Crippen LogP contribution in [0, 0.1) is 12.8 Å². The van der Waals surface area contributed by atoms with Crippen LogP contribution in [0.3, 0.4) is 0 Å². The highest BCUT2D eigenvalue weighted by atomic mass is 28.3. The fraction of sp³-hybridized carbons (Fsp3) is 0.600. The van der Waals surface area contributed by atoms with Crippen molar-refractivity contribution in [1.82, 2.24) is 0 Å². The molecule has 2 rings (SSSR count). The number of aryl methyl sites for hydroxylation is 1. The van der Waals surface area contributed by atoms with Crippen LogP contribution >= 0.6 is 0 Å². The summed E-state index contributed by atoms with van der Waals surface area (Å²) >= 11 is 0. The highest BCUT2D eigenvalue weighted by Crippen LogP contribution is 2.30. The average molecular weight is 262 g/mol. The molecule has 1 atom stereocenters. The summed E-state index contributed by atoms with van der Waals surface area (Å²) in [6.07, 6.45) is 1.35. The lowest BCUT2D eigenvalue weighted by molar-refractivity contribution is 0.647. The Balaban J connectivity index is 2.02. The summed E-state index contributed by atoms with van der Waals surface area (Å²) in [4.78, 5) is 2.53. The molecule has 0 radical (unpaired) electrons. The molecule has 1 aromatic carbocycles. The maximum Gasteiger partial charge on any atom is 0.0446 e. The zero-order valence-corrected chi connectivity index (χ0v) is 13.2. The summed E-state index contributed by atoms with van der Waals surface area (Å²) in [7, 11) is -0.919. The van der Waals surface area contributed by atoms with Gasteiger partial charge in [0.05, 0.1) is 0 Å². The third-order valence-electron chi connectivity index (χ3n) is 3.81. The minimum atomic E-state index is -0.919. The molecule has 100 valence electrons. The van der Waals surface area contributed by atoms with Crippen molar-refractivity contribution in [2.75, 3.05) is 23.7 Å². The van der Waals surface area contributed by atoms with Gasteiger partial charge in [0, 0.05) is 32.5 Å². The average Bonchev–Trinajstić information content (AvgIpc) is 2.68. The second-order valence-corrected chi connectivity index (χ2v) is 12.4. The minimum Gasteiger partial charge on any atom is -0.399 e. The molecule has 1 aliphatic heterocycles. The Bertz CT molecular complexity index is 423. The number of rotatable bonds is 3. The van der Waals surface area contributed by atoms with Gasteiger partial charge in [-0.25, -0.2) is 0 Å². The van der Waals surface area contributed by atoms with Crippen molar-refractivity contribution in [1.29, 1.82) is 0 Å². The largest absolute Gasteiger partial charge is 0.399 e. The molecule has 0 aromatic heterocycles. The van der Waals surface area contributed by atoms with E-state index in [1.54, 1.807) is 0 Å². The van der Waals surface area contributed by atoms with E-state index in [0.29, 0.717) is 0 Å². The van der Waals surface area contributed by atoms with E-state index in [1.165, 1.54) is 36.8 Å². The maximum absolute atomic E-state index is 5.88. The van der Waals surface area contributed by atoms with Gasteiger partial charge in [-0.2, -0.15) is 0 Å². The first kappa shape index (κ1) is 13.5. The topological polar surface area (TPSA) is 29.3 Å². The molecule has 2 nitrogen and oxygen atoms in total. The van der Waals surface area contributed by atoms with Crippen molar-refractivity contribution in [2.24, 2.45) is 5.92 Å². The van der Waals surface area contributed by atoms with Gasteiger partial charge in [-0.05, 0) is 43.0 Å². The number of hydrogen-bond donors (Lipinski definition) is 1. The lowest BCUT2D eigenvalue weighted by Gasteiger charge is -2.23. The molecule has 3 heteroatoms. The second-order valence-electron chi connectivity index (χ2n) is 6.91. The van der Waals surface area contributed by atoms with Gasteiger partial charge in [0.25, 0.3) is 0 Å².